The van der Waals surface area contributed by atoms with Gasteiger partial charge in [0.1, 0.15) is 0 Å². The number of hydrogen-bond donors (Lipinski definition) is 1. The van der Waals surface area contributed by atoms with Crippen LogP contribution in [-0.4, -0.2) is 10.5 Å². The van der Waals surface area contributed by atoms with Crippen LogP contribution in [0.5, 0.6) is 0 Å². The molecule has 0 unspecified atom stereocenters. The van der Waals surface area contributed by atoms with Crippen LogP contribution in [0.25, 0.3) is 11.1 Å². The van der Waals surface area contributed by atoms with Crippen molar-refractivity contribution in [1.29, 1.82) is 0 Å². The molecule has 112 valence electrons. The fourth-order valence-electron chi connectivity index (χ4n) is 2.36. The predicted molar refractivity (Wildman–Crippen MR) is 83.8 cm³/mol. The van der Waals surface area contributed by atoms with Crippen molar-refractivity contribution in [1.82, 2.24) is 9.88 Å². The molecule has 3 rings (SSSR count). The Kier molecular flexibility index (Phi) is 3.55. The molecule has 22 heavy (non-hydrogen) atoms. The summed E-state index contributed by atoms with van der Waals surface area (Å²) in [4.78, 5) is 23.6. The molecule has 1 N–H and O–H groups in total. The molecule has 0 aliphatic carbocycles. The quantitative estimate of drug-likeness (QED) is 0.807. The summed E-state index contributed by atoms with van der Waals surface area (Å²) in [6.07, 6.45) is 0. The first-order chi connectivity index (χ1) is 10.5. The van der Waals surface area contributed by atoms with Crippen molar-refractivity contribution in [3.05, 3.63) is 69.7 Å². The molecule has 0 spiro atoms. The van der Waals surface area contributed by atoms with Crippen molar-refractivity contribution in [3.63, 3.8) is 0 Å². The summed E-state index contributed by atoms with van der Waals surface area (Å²) in [5, 5.41) is 2.86. The Morgan fingerprint density at radius 3 is 2.82 bits per heavy atom. The van der Waals surface area contributed by atoms with Crippen LogP contribution in [0.4, 0.5) is 0 Å². The Bertz CT molecular complexity index is 906. The van der Waals surface area contributed by atoms with E-state index in [2.05, 4.69) is 5.32 Å². The maximum absolute atomic E-state index is 12.1. The minimum atomic E-state index is -0.393. The van der Waals surface area contributed by atoms with E-state index in [1.807, 2.05) is 37.3 Å². The van der Waals surface area contributed by atoms with Crippen LogP contribution < -0.4 is 11.1 Å². The predicted octanol–water partition coefficient (Wildman–Crippen LogP) is 2.37. The van der Waals surface area contributed by atoms with Gasteiger partial charge in [0.25, 0.3) is 5.91 Å². The second-order valence-electron chi connectivity index (χ2n) is 5.28. The third kappa shape index (κ3) is 2.65. The maximum atomic E-state index is 12.1. The van der Waals surface area contributed by atoms with Crippen LogP contribution in [0.15, 0.2) is 51.7 Å². The molecule has 2 aromatic carbocycles. The van der Waals surface area contributed by atoms with Gasteiger partial charge < -0.3 is 9.73 Å². The number of aryl methyl sites for hydroxylation is 2. The molecule has 5 nitrogen and oxygen atoms in total. The van der Waals surface area contributed by atoms with E-state index >= 15 is 0 Å². The summed E-state index contributed by atoms with van der Waals surface area (Å²) in [5.41, 5.74) is 3.81. The minimum absolute atomic E-state index is 0.127. The molecule has 3 aromatic rings. The molecule has 0 atom stereocenters. The fraction of sp³-hybridized carbons (Fsp3) is 0.176. The van der Waals surface area contributed by atoms with Gasteiger partial charge in [-0.3, -0.25) is 9.36 Å². The van der Waals surface area contributed by atoms with Crippen LogP contribution in [0.1, 0.15) is 21.5 Å². The monoisotopic (exact) mass is 296 g/mol. The number of rotatable bonds is 3. The Morgan fingerprint density at radius 2 is 2.05 bits per heavy atom. The average Bonchev–Trinajstić information content (AvgIpc) is 2.79. The number of hydrogen-bond acceptors (Lipinski definition) is 3. The second-order valence-corrected chi connectivity index (χ2v) is 5.28. The molecule has 0 aliphatic rings. The van der Waals surface area contributed by atoms with E-state index in [9.17, 15) is 9.59 Å². The SMILES string of the molecule is Cc1cccc(C(=O)NCc2ccc3c(c2)oc(=O)n3C)c1. The number of oxazole rings is 1. The number of carbonyl (C=O) groups is 1. The Balaban J connectivity index is 1.76. The zero-order chi connectivity index (χ0) is 15.7. The highest BCUT2D eigenvalue weighted by Gasteiger charge is 2.08. The highest BCUT2D eigenvalue weighted by Crippen LogP contribution is 2.14. The lowest BCUT2D eigenvalue weighted by molar-refractivity contribution is 0.0951. The van der Waals surface area contributed by atoms with E-state index < -0.39 is 5.76 Å². The van der Waals surface area contributed by atoms with E-state index in [1.165, 1.54) is 4.57 Å². The molecule has 5 heteroatoms. The van der Waals surface area contributed by atoms with Gasteiger partial charge in [-0.1, -0.05) is 23.8 Å². The Morgan fingerprint density at radius 1 is 1.23 bits per heavy atom. The third-order valence-electron chi connectivity index (χ3n) is 3.59. The average molecular weight is 296 g/mol. The number of aromatic nitrogens is 1. The molecule has 0 radical (unpaired) electrons. The zero-order valence-electron chi connectivity index (χ0n) is 12.4. The maximum Gasteiger partial charge on any atom is 0.419 e. The Labute approximate surface area is 127 Å². The van der Waals surface area contributed by atoms with Gasteiger partial charge in [-0.15, -0.1) is 0 Å². The molecule has 0 saturated heterocycles. The van der Waals surface area contributed by atoms with E-state index in [-0.39, 0.29) is 5.91 Å². The van der Waals surface area contributed by atoms with Crippen LogP contribution in [0, 0.1) is 6.92 Å². The molecule has 1 aromatic heterocycles. The molecule has 0 aliphatic heterocycles. The molecule has 0 fully saturated rings. The number of nitrogens with zero attached hydrogens (tertiary/aromatic N) is 1. The summed E-state index contributed by atoms with van der Waals surface area (Å²) in [5.74, 6) is -0.519. The minimum Gasteiger partial charge on any atom is -0.408 e. The molecule has 1 amide bonds. The Hall–Kier alpha value is -2.82. The number of fused-ring (bicyclic) bond motifs is 1. The van der Waals surface area contributed by atoms with Crippen molar-refractivity contribution in [2.45, 2.75) is 13.5 Å². The number of carbonyl (C=O) groups excluding carboxylic acids is 1. The molecular weight excluding hydrogens is 280 g/mol. The lowest BCUT2D eigenvalue weighted by Gasteiger charge is -2.06. The molecule has 0 bridgehead atoms. The lowest BCUT2D eigenvalue weighted by Crippen LogP contribution is -2.22. The molecule has 0 saturated carbocycles. The number of benzene rings is 2. The number of amides is 1. The van der Waals surface area contributed by atoms with Gasteiger partial charge >= 0.3 is 5.76 Å². The van der Waals surface area contributed by atoms with Gasteiger partial charge in [0.05, 0.1) is 5.52 Å². The van der Waals surface area contributed by atoms with Crippen molar-refractivity contribution < 1.29 is 9.21 Å². The largest absolute Gasteiger partial charge is 0.419 e. The summed E-state index contributed by atoms with van der Waals surface area (Å²) in [6.45, 7) is 2.32. The summed E-state index contributed by atoms with van der Waals surface area (Å²) < 4.78 is 6.59. The number of nitrogens with one attached hydrogen (secondary N) is 1. The van der Waals surface area contributed by atoms with Crippen molar-refractivity contribution in [2.75, 3.05) is 0 Å². The third-order valence-corrected chi connectivity index (χ3v) is 3.59. The van der Waals surface area contributed by atoms with E-state index in [4.69, 9.17) is 4.42 Å². The van der Waals surface area contributed by atoms with Gasteiger partial charge in [-0.25, -0.2) is 4.79 Å². The fourth-order valence-corrected chi connectivity index (χ4v) is 2.36. The second kappa shape index (κ2) is 5.52. The highest BCUT2D eigenvalue weighted by atomic mass is 16.4. The van der Waals surface area contributed by atoms with E-state index in [0.29, 0.717) is 17.7 Å². The summed E-state index contributed by atoms with van der Waals surface area (Å²) in [7, 11) is 1.66. The summed E-state index contributed by atoms with van der Waals surface area (Å²) in [6, 6.07) is 12.9. The first kappa shape index (κ1) is 14.1. The first-order valence-electron chi connectivity index (χ1n) is 6.98. The van der Waals surface area contributed by atoms with Crippen LogP contribution in [-0.2, 0) is 13.6 Å². The van der Waals surface area contributed by atoms with Gasteiger partial charge in [0.2, 0.25) is 0 Å². The van der Waals surface area contributed by atoms with E-state index in [1.54, 1.807) is 19.2 Å². The molecule has 1 heterocycles. The van der Waals surface area contributed by atoms with Gasteiger partial charge in [-0.05, 0) is 36.8 Å². The van der Waals surface area contributed by atoms with Gasteiger partial charge in [-0.2, -0.15) is 0 Å². The molecular formula is C17H16N2O3. The highest BCUT2D eigenvalue weighted by molar-refractivity contribution is 5.94. The van der Waals surface area contributed by atoms with Crippen molar-refractivity contribution in [2.24, 2.45) is 7.05 Å². The first-order valence-corrected chi connectivity index (χ1v) is 6.98. The van der Waals surface area contributed by atoms with Crippen LogP contribution in [0.3, 0.4) is 0 Å². The lowest BCUT2D eigenvalue weighted by atomic mass is 10.1. The van der Waals surface area contributed by atoms with E-state index in [0.717, 1.165) is 16.6 Å². The van der Waals surface area contributed by atoms with Gasteiger partial charge in [0.15, 0.2) is 5.58 Å². The smallest absolute Gasteiger partial charge is 0.408 e. The van der Waals surface area contributed by atoms with Crippen LogP contribution in [0.2, 0.25) is 0 Å². The zero-order valence-corrected chi connectivity index (χ0v) is 12.4. The normalized spacial score (nSPS) is 10.8. The van der Waals surface area contributed by atoms with Crippen molar-refractivity contribution in [3.8, 4) is 0 Å². The standard InChI is InChI=1S/C17H16N2O3/c1-11-4-3-5-13(8-11)16(20)18-10-12-6-7-14-15(9-12)22-17(21)19(14)2/h3-9H,10H2,1-2H3,(H,18,20). The van der Waals surface area contributed by atoms with Gasteiger partial charge in [0, 0.05) is 19.2 Å². The summed E-state index contributed by atoms with van der Waals surface area (Å²) >= 11 is 0. The van der Waals surface area contributed by atoms with Crippen molar-refractivity contribution >= 4 is 17.0 Å². The van der Waals surface area contributed by atoms with Crippen LogP contribution >= 0.6 is 0 Å². The topological polar surface area (TPSA) is 64.2 Å².